The van der Waals surface area contributed by atoms with E-state index in [0.717, 1.165) is 0 Å². The van der Waals surface area contributed by atoms with Crippen LogP contribution in [0.25, 0.3) is 0 Å². The molecule has 0 fully saturated rings. The topological polar surface area (TPSA) is 64.6 Å². The lowest BCUT2D eigenvalue weighted by Gasteiger charge is -2.14. The third-order valence-corrected chi connectivity index (χ3v) is 3.90. The summed E-state index contributed by atoms with van der Waals surface area (Å²) in [4.78, 5) is 11.4. The fourth-order valence-corrected chi connectivity index (χ4v) is 2.62. The number of hydrogen-bond donors (Lipinski definition) is 1. The fraction of sp³-hybridized carbons (Fsp3) is 0.750. The average molecular weight is 277 g/mol. The molecular weight excluding hydrogens is 253 g/mol. The Labute approximate surface area is 109 Å². The Kier molecular flexibility index (Phi) is 8.98. The highest BCUT2D eigenvalue weighted by molar-refractivity contribution is 7.54. The Morgan fingerprint density at radius 2 is 1.83 bits per heavy atom. The first kappa shape index (κ1) is 17.4. The van der Waals surface area contributed by atoms with Gasteiger partial charge in [-0.2, -0.15) is 0 Å². The molecule has 0 heterocycles. The summed E-state index contributed by atoms with van der Waals surface area (Å²) < 4.78 is 22.2. The van der Waals surface area contributed by atoms with E-state index < -0.39 is 7.60 Å². The summed E-state index contributed by atoms with van der Waals surface area (Å²) in [6, 6.07) is 0. The molecule has 0 bridgehead atoms. The van der Waals surface area contributed by atoms with Gasteiger partial charge in [-0.1, -0.05) is 19.9 Å². The molecule has 0 aliphatic rings. The van der Waals surface area contributed by atoms with Crippen molar-refractivity contribution in [1.29, 1.82) is 0 Å². The monoisotopic (exact) mass is 277 g/mol. The van der Waals surface area contributed by atoms with Gasteiger partial charge in [0.05, 0.1) is 19.4 Å². The third-order valence-electron chi connectivity index (χ3n) is 1.93. The van der Waals surface area contributed by atoms with Gasteiger partial charge in [0.2, 0.25) is 5.91 Å². The van der Waals surface area contributed by atoms with Crippen LogP contribution in [0.1, 0.15) is 27.7 Å². The summed E-state index contributed by atoms with van der Waals surface area (Å²) in [5.41, 5.74) is 0. The van der Waals surface area contributed by atoms with Crippen molar-refractivity contribution in [2.75, 3.05) is 25.9 Å². The van der Waals surface area contributed by atoms with Crippen molar-refractivity contribution in [2.24, 2.45) is 5.92 Å². The lowest BCUT2D eigenvalue weighted by atomic mass is 10.2. The Morgan fingerprint density at radius 1 is 1.28 bits per heavy atom. The molecule has 0 aliphatic heterocycles. The van der Waals surface area contributed by atoms with E-state index in [1.807, 2.05) is 13.8 Å². The second kappa shape index (κ2) is 9.31. The van der Waals surface area contributed by atoms with Crippen LogP contribution in [0.2, 0.25) is 0 Å². The summed E-state index contributed by atoms with van der Waals surface area (Å²) >= 11 is 0. The summed E-state index contributed by atoms with van der Waals surface area (Å²) in [5, 5.41) is 2.74. The van der Waals surface area contributed by atoms with E-state index in [2.05, 4.69) is 5.32 Å². The van der Waals surface area contributed by atoms with Crippen LogP contribution in [-0.4, -0.2) is 31.8 Å². The zero-order chi connectivity index (χ0) is 14.0. The second-order valence-corrected chi connectivity index (χ2v) is 6.27. The molecule has 0 aromatic heterocycles. The molecular formula is C12H24NO4P. The molecule has 106 valence electrons. The summed E-state index contributed by atoms with van der Waals surface area (Å²) in [6.07, 6.45) is 3.01. The van der Waals surface area contributed by atoms with Crippen molar-refractivity contribution in [1.82, 2.24) is 5.32 Å². The molecule has 1 N–H and O–H groups in total. The zero-order valence-electron chi connectivity index (χ0n) is 11.6. The molecule has 6 heteroatoms. The van der Waals surface area contributed by atoms with Crippen LogP contribution in [0.15, 0.2) is 12.2 Å². The van der Waals surface area contributed by atoms with E-state index in [1.165, 1.54) is 12.2 Å². The van der Waals surface area contributed by atoms with Crippen LogP contribution in [0.3, 0.4) is 0 Å². The Hall–Kier alpha value is -0.640. The lowest BCUT2D eigenvalue weighted by Crippen LogP contribution is -2.25. The van der Waals surface area contributed by atoms with Crippen molar-refractivity contribution in [3.63, 3.8) is 0 Å². The average Bonchev–Trinajstić information content (AvgIpc) is 2.27. The number of hydrogen-bond acceptors (Lipinski definition) is 4. The van der Waals surface area contributed by atoms with E-state index in [1.54, 1.807) is 13.8 Å². The molecule has 0 aromatic carbocycles. The largest absolute Gasteiger partial charge is 0.352 e. The van der Waals surface area contributed by atoms with E-state index >= 15 is 0 Å². The van der Waals surface area contributed by atoms with Crippen molar-refractivity contribution in [3.8, 4) is 0 Å². The lowest BCUT2D eigenvalue weighted by molar-refractivity contribution is -0.116. The molecule has 18 heavy (non-hydrogen) atoms. The zero-order valence-corrected chi connectivity index (χ0v) is 12.5. The first-order valence-corrected chi connectivity index (χ1v) is 7.98. The molecule has 5 nitrogen and oxygen atoms in total. The first-order chi connectivity index (χ1) is 8.43. The highest BCUT2D eigenvalue weighted by Crippen LogP contribution is 2.47. The molecule has 0 aromatic rings. The predicted octanol–water partition coefficient (Wildman–Crippen LogP) is 2.58. The van der Waals surface area contributed by atoms with Crippen molar-refractivity contribution in [2.45, 2.75) is 27.7 Å². The quantitative estimate of drug-likeness (QED) is 0.519. The Bertz CT molecular complexity index is 305. The van der Waals surface area contributed by atoms with Gasteiger partial charge < -0.3 is 14.4 Å². The van der Waals surface area contributed by atoms with E-state index in [0.29, 0.717) is 25.7 Å². The fourth-order valence-electron chi connectivity index (χ4n) is 1.19. The van der Waals surface area contributed by atoms with E-state index in [9.17, 15) is 9.36 Å². The number of allylic oxidation sites excluding steroid dienone is 1. The van der Waals surface area contributed by atoms with E-state index in [4.69, 9.17) is 9.05 Å². The number of carbonyl (C=O) groups excluding carboxylic acids is 1. The van der Waals surface area contributed by atoms with Crippen LogP contribution in [-0.2, 0) is 18.4 Å². The van der Waals surface area contributed by atoms with Gasteiger partial charge in [-0.3, -0.25) is 9.36 Å². The minimum atomic E-state index is -3.08. The molecule has 0 spiro atoms. The smallest absolute Gasteiger partial charge is 0.334 e. The summed E-state index contributed by atoms with van der Waals surface area (Å²) in [7, 11) is -3.08. The predicted molar refractivity (Wildman–Crippen MR) is 72.7 cm³/mol. The minimum absolute atomic E-state index is 0.115. The summed E-state index contributed by atoms with van der Waals surface area (Å²) in [6.45, 7) is 8.81. The molecule has 0 atom stereocenters. The normalized spacial score (nSPS) is 12.3. The van der Waals surface area contributed by atoms with Crippen LogP contribution >= 0.6 is 7.60 Å². The highest BCUT2D eigenvalue weighted by Gasteiger charge is 2.21. The van der Waals surface area contributed by atoms with Gasteiger partial charge in [-0.05, 0) is 25.8 Å². The molecule has 0 saturated heterocycles. The minimum Gasteiger partial charge on any atom is -0.352 e. The molecule has 0 saturated carbocycles. The molecule has 0 radical (unpaired) electrons. The molecule has 0 aliphatic carbocycles. The standard InChI is InChI=1S/C12H24NO4P/c1-5-16-18(15,17-6-2)9-7-8-12(14)13-10-11(3)4/h7-8,11H,5-6,9-10H2,1-4H3,(H,13,14)/b8-7+. The Morgan fingerprint density at radius 3 is 2.28 bits per heavy atom. The molecule has 1 amide bonds. The van der Waals surface area contributed by atoms with Crippen LogP contribution in [0.5, 0.6) is 0 Å². The molecule has 0 unspecified atom stereocenters. The molecule has 0 rings (SSSR count). The number of carbonyl (C=O) groups is 1. The highest BCUT2D eigenvalue weighted by atomic mass is 31.2. The van der Waals surface area contributed by atoms with Crippen molar-refractivity contribution in [3.05, 3.63) is 12.2 Å². The van der Waals surface area contributed by atoms with Gasteiger partial charge >= 0.3 is 7.60 Å². The van der Waals surface area contributed by atoms with Crippen molar-refractivity contribution < 1.29 is 18.4 Å². The van der Waals surface area contributed by atoms with Gasteiger partial charge in [-0.15, -0.1) is 0 Å². The van der Waals surface area contributed by atoms with Gasteiger partial charge in [0, 0.05) is 6.54 Å². The maximum Gasteiger partial charge on any atom is 0.334 e. The van der Waals surface area contributed by atoms with Gasteiger partial charge in [0.15, 0.2) is 0 Å². The Balaban J connectivity index is 4.17. The van der Waals surface area contributed by atoms with Crippen molar-refractivity contribution >= 4 is 13.5 Å². The van der Waals surface area contributed by atoms with Gasteiger partial charge in [0.25, 0.3) is 0 Å². The number of rotatable bonds is 9. The van der Waals surface area contributed by atoms with Crippen LogP contribution in [0.4, 0.5) is 0 Å². The SMILES string of the molecule is CCOP(=O)(C/C=C/C(=O)NCC(C)C)OCC. The number of nitrogens with one attached hydrogen (secondary N) is 1. The van der Waals surface area contributed by atoms with Gasteiger partial charge in [-0.25, -0.2) is 0 Å². The van der Waals surface area contributed by atoms with E-state index in [-0.39, 0.29) is 12.1 Å². The first-order valence-electron chi connectivity index (χ1n) is 6.26. The maximum atomic E-state index is 12.0. The van der Waals surface area contributed by atoms with Crippen LogP contribution < -0.4 is 5.32 Å². The third kappa shape index (κ3) is 8.45. The number of amides is 1. The van der Waals surface area contributed by atoms with Gasteiger partial charge in [0.1, 0.15) is 0 Å². The maximum absolute atomic E-state index is 12.0. The summed E-state index contributed by atoms with van der Waals surface area (Å²) in [5.74, 6) is 0.212. The second-order valence-electron chi connectivity index (χ2n) is 4.17. The van der Waals surface area contributed by atoms with Crippen LogP contribution in [0, 0.1) is 5.92 Å².